The third kappa shape index (κ3) is 6.73. The molecule has 0 heterocycles. The number of hydrogen-bond donors (Lipinski definition) is 1. The molecule has 6 heteroatoms. The van der Waals surface area contributed by atoms with Gasteiger partial charge in [0.25, 0.3) is 0 Å². The molecule has 0 aliphatic carbocycles. The molecular weight excluding hydrogens is 300 g/mol. The van der Waals surface area contributed by atoms with E-state index in [9.17, 15) is 9.90 Å². The highest BCUT2D eigenvalue weighted by molar-refractivity contribution is 6.87. The lowest BCUT2D eigenvalue weighted by atomic mass is 10.1. The van der Waals surface area contributed by atoms with Gasteiger partial charge < -0.3 is 14.0 Å². The van der Waals surface area contributed by atoms with E-state index < -0.39 is 22.7 Å². The summed E-state index contributed by atoms with van der Waals surface area (Å²) in [6.45, 7) is 14.8. The van der Waals surface area contributed by atoms with E-state index in [0.29, 0.717) is 12.8 Å². The first kappa shape index (κ1) is 21.0. The topological polar surface area (TPSA) is 55.8 Å². The molecular formula is C15H34O4Si2. The highest BCUT2D eigenvalue weighted by Gasteiger charge is 2.44. The van der Waals surface area contributed by atoms with Crippen molar-refractivity contribution in [1.82, 2.24) is 0 Å². The van der Waals surface area contributed by atoms with E-state index in [4.69, 9.17) is 8.85 Å². The van der Waals surface area contributed by atoms with Crippen molar-refractivity contribution in [2.75, 3.05) is 12.8 Å². The molecule has 0 saturated carbocycles. The number of carbonyl (C=O) groups excluding carboxylic acids is 1. The summed E-state index contributed by atoms with van der Waals surface area (Å²) < 4.78 is 12.3. The van der Waals surface area contributed by atoms with Crippen LogP contribution in [0.1, 0.15) is 40.5 Å². The maximum Gasteiger partial charge on any atom is 0.202 e. The lowest BCUT2D eigenvalue weighted by molar-refractivity contribution is -0.126. The minimum atomic E-state index is -2.21. The largest absolute Gasteiger partial charge is 0.453 e. The van der Waals surface area contributed by atoms with Gasteiger partial charge in [-0.05, 0) is 46.0 Å². The monoisotopic (exact) mass is 334 g/mol. The Morgan fingerprint density at radius 1 is 1.19 bits per heavy atom. The minimum absolute atomic E-state index is 0.0709. The van der Waals surface area contributed by atoms with Gasteiger partial charge in [-0.3, -0.25) is 4.79 Å². The van der Waals surface area contributed by atoms with Gasteiger partial charge in [0.15, 0.2) is 14.1 Å². The summed E-state index contributed by atoms with van der Waals surface area (Å²) in [6, 6.07) is 1.04. The Hall–Kier alpha value is -0.0162. The Morgan fingerprint density at radius 2 is 1.76 bits per heavy atom. The van der Waals surface area contributed by atoms with Crippen molar-refractivity contribution >= 4 is 22.4 Å². The molecule has 3 atom stereocenters. The molecule has 0 aromatic rings. The van der Waals surface area contributed by atoms with E-state index in [1.54, 1.807) is 6.92 Å². The van der Waals surface area contributed by atoms with Crippen LogP contribution in [0.3, 0.4) is 0 Å². The van der Waals surface area contributed by atoms with Gasteiger partial charge in [0.2, 0.25) is 8.32 Å². The Morgan fingerprint density at radius 3 is 2.14 bits per heavy atom. The highest BCUT2D eigenvalue weighted by Crippen LogP contribution is 2.33. The van der Waals surface area contributed by atoms with E-state index in [2.05, 4.69) is 26.6 Å². The van der Waals surface area contributed by atoms with E-state index in [-0.39, 0.29) is 11.3 Å². The molecule has 0 radical (unpaired) electrons. The summed E-state index contributed by atoms with van der Waals surface area (Å²) in [6.07, 6.45) is 1.58. The summed E-state index contributed by atoms with van der Waals surface area (Å²) in [5, 5.41) is 9.63. The second kappa shape index (κ2) is 9.20. The summed E-state index contributed by atoms with van der Waals surface area (Å²) in [5.41, 5.74) is -0.150. The van der Waals surface area contributed by atoms with Crippen molar-refractivity contribution in [1.29, 1.82) is 0 Å². The number of carbonyl (C=O) groups is 1. The Bertz CT molecular complexity index is 321. The van der Waals surface area contributed by atoms with E-state index in [1.165, 1.54) is 0 Å². The number of aliphatic hydroxyl groups is 1. The first-order valence-electron chi connectivity index (χ1n) is 8.13. The van der Waals surface area contributed by atoms with Crippen LogP contribution in [0.15, 0.2) is 0 Å². The van der Waals surface area contributed by atoms with Crippen LogP contribution in [0.25, 0.3) is 0 Å². The fourth-order valence-corrected chi connectivity index (χ4v) is 13.1. The smallest absolute Gasteiger partial charge is 0.202 e. The molecule has 126 valence electrons. The van der Waals surface area contributed by atoms with Crippen LogP contribution >= 0.6 is 0 Å². The highest BCUT2D eigenvalue weighted by atomic mass is 28.4. The zero-order valence-corrected chi connectivity index (χ0v) is 16.9. The Kier molecular flexibility index (Phi) is 9.19. The summed E-state index contributed by atoms with van der Waals surface area (Å²) in [5.74, 6) is -0.0709. The molecule has 3 unspecified atom stereocenters. The normalized spacial score (nSPS) is 18.1. The first-order chi connectivity index (χ1) is 9.63. The van der Waals surface area contributed by atoms with Crippen molar-refractivity contribution in [3.05, 3.63) is 0 Å². The SMILES string of the molecule is CCC[Si](C)(COCC)O[Si](C)(C)C(CC)C(=O)C(C)O. The average molecular weight is 335 g/mol. The summed E-state index contributed by atoms with van der Waals surface area (Å²) in [7, 11) is -4.17. The molecule has 0 aromatic carbocycles. The van der Waals surface area contributed by atoms with Gasteiger partial charge >= 0.3 is 0 Å². The average Bonchev–Trinajstić information content (AvgIpc) is 2.36. The molecule has 0 amide bonds. The van der Waals surface area contributed by atoms with Gasteiger partial charge in [0.1, 0.15) is 6.10 Å². The number of rotatable bonds is 11. The lowest BCUT2D eigenvalue weighted by Crippen LogP contribution is -2.54. The zero-order valence-electron chi connectivity index (χ0n) is 14.9. The van der Waals surface area contributed by atoms with Crippen molar-refractivity contribution in [3.8, 4) is 0 Å². The number of hydrogen-bond acceptors (Lipinski definition) is 4. The van der Waals surface area contributed by atoms with Crippen LogP contribution in [0.4, 0.5) is 0 Å². The number of ketones is 1. The second-order valence-corrected chi connectivity index (χ2v) is 15.0. The first-order valence-corrected chi connectivity index (χ1v) is 13.9. The van der Waals surface area contributed by atoms with Crippen LogP contribution < -0.4 is 0 Å². The quantitative estimate of drug-likeness (QED) is 0.588. The van der Waals surface area contributed by atoms with Crippen molar-refractivity contribution in [3.63, 3.8) is 0 Å². The number of aliphatic hydroxyl groups excluding tert-OH is 1. The standard InChI is InChI=1S/C15H34O4Si2/c1-8-11-21(7,12-18-10-3)19-20(5,6)14(9-2)15(17)13(4)16/h13-14,16H,8-12H2,1-7H3. The van der Waals surface area contributed by atoms with Crippen molar-refractivity contribution < 1.29 is 18.8 Å². The number of ether oxygens (including phenoxy) is 1. The van der Waals surface area contributed by atoms with E-state index in [1.807, 2.05) is 13.8 Å². The fraction of sp³-hybridized carbons (Fsp3) is 0.933. The number of Topliss-reactive ketones (excluding diaryl/α,β-unsaturated/α-hetero) is 1. The molecule has 0 aliphatic rings. The van der Waals surface area contributed by atoms with Gasteiger partial charge in [-0.15, -0.1) is 0 Å². The van der Waals surface area contributed by atoms with E-state index in [0.717, 1.165) is 18.9 Å². The van der Waals surface area contributed by atoms with Crippen LogP contribution in [0, 0.1) is 0 Å². The molecule has 0 rings (SSSR count). The molecule has 4 nitrogen and oxygen atoms in total. The molecule has 0 saturated heterocycles. The van der Waals surface area contributed by atoms with Crippen molar-refractivity contribution in [2.24, 2.45) is 0 Å². The Balaban J connectivity index is 5.12. The van der Waals surface area contributed by atoms with Crippen molar-refractivity contribution in [2.45, 2.75) is 77.9 Å². The molecule has 0 fully saturated rings. The molecule has 21 heavy (non-hydrogen) atoms. The van der Waals surface area contributed by atoms with Crippen LogP contribution in [0.5, 0.6) is 0 Å². The van der Waals surface area contributed by atoms with Gasteiger partial charge in [-0.1, -0.05) is 20.3 Å². The van der Waals surface area contributed by atoms with Crippen LogP contribution in [-0.4, -0.2) is 46.5 Å². The molecule has 1 N–H and O–H groups in total. The predicted molar refractivity (Wildman–Crippen MR) is 92.5 cm³/mol. The van der Waals surface area contributed by atoms with Gasteiger partial charge in [0, 0.05) is 12.1 Å². The van der Waals surface area contributed by atoms with Gasteiger partial charge in [-0.25, -0.2) is 0 Å². The third-order valence-electron chi connectivity index (χ3n) is 3.90. The summed E-state index contributed by atoms with van der Waals surface area (Å²) >= 11 is 0. The van der Waals surface area contributed by atoms with Gasteiger partial charge in [-0.2, -0.15) is 0 Å². The van der Waals surface area contributed by atoms with Crippen LogP contribution in [0.2, 0.25) is 31.2 Å². The molecule has 0 bridgehead atoms. The summed E-state index contributed by atoms with van der Waals surface area (Å²) in [4.78, 5) is 12.3. The maximum absolute atomic E-state index is 12.3. The molecule has 0 spiro atoms. The maximum atomic E-state index is 12.3. The second-order valence-electron chi connectivity index (χ2n) is 6.58. The van der Waals surface area contributed by atoms with Gasteiger partial charge in [0.05, 0.1) is 6.23 Å². The zero-order chi connectivity index (χ0) is 16.7. The van der Waals surface area contributed by atoms with E-state index >= 15 is 0 Å². The minimum Gasteiger partial charge on any atom is -0.453 e. The fourth-order valence-electron chi connectivity index (χ4n) is 3.03. The Labute approximate surface area is 132 Å². The predicted octanol–water partition coefficient (Wildman–Crippen LogP) is 3.50. The molecule has 0 aromatic heterocycles. The van der Waals surface area contributed by atoms with Crippen LogP contribution in [-0.2, 0) is 13.6 Å². The third-order valence-corrected chi connectivity index (χ3v) is 12.7. The lowest BCUT2D eigenvalue weighted by Gasteiger charge is -2.40. The molecule has 0 aliphatic heterocycles.